The number of hydrogen-bond donors (Lipinski definition) is 1. The van der Waals surface area contributed by atoms with Gasteiger partial charge in [-0.3, -0.25) is 0 Å². The number of pyridine rings is 1. The second kappa shape index (κ2) is 5.07. The quantitative estimate of drug-likeness (QED) is 0.482. The summed E-state index contributed by atoms with van der Waals surface area (Å²) in [6.45, 7) is -0.752. The van der Waals surface area contributed by atoms with E-state index in [0.29, 0.717) is 6.07 Å². The highest BCUT2D eigenvalue weighted by Gasteiger charge is 2.41. The summed E-state index contributed by atoms with van der Waals surface area (Å²) in [5.74, 6) is -1.49. The highest BCUT2D eigenvalue weighted by molar-refractivity contribution is 14.1. The Kier molecular flexibility index (Phi) is 4.30. The Hall–Kier alpha value is -0.780. The molecule has 0 aromatic carbocycles. The van der Waals surface area contributed by atoms with Crippen LogP contribution in [0.15, 0.2) is 6.07 Å². The lowest BCUT2D eigenvalue weighted by Crippen LogP contribution is -2.21. The first kappa shape index (κ1) is 15.3. The second-order valence-corrected chi connectivity index (χ2v) is 4.01. The van der Waals surface area contributed by atoms with Gasteiger partial charge in [-0.1, -0.05) is 0 Å². The van der Waals surface area contributed by atoms with Crippen molar-refractivity contribution in [3.8, 4) is 5.75 Å². The van der Waals surface area contributed by atoms with Crippen LogP contribution in [0.2, 0.25) is 0 Å². The first-order valence-corrected chi connectivity index (χ1v) is 5.25. The number of aromatic nitrogens is 1. The molecule has 0 aliphatic rings. The fourth-order valence-electron chi connectivity index (χ4n) is 1.03. The summed E-state index contributed by atoms with van der Waals surface area (Å²) in [5.41, 5.74) is -1.98. The molecule has 1 aromatic heterocycles. The number of aliphatic hydroxyl groups excluding tert-OH is 1. The maximum atomic E-state index is 12.5. The van der Waals surface area contributed by atoms with Gasteiger partial charge in [0.1, 0.15) is 3.70 Å². The number of ether oxygens (including phenoxy) is 1. The minimum Gasteiger partial charge on any atom is -0.403 e. The summed E-state index contributed by atoms with van der Waals surface area (Å²) in [5, 5.41) is 8.77. The normalized spacial score (nSPS) is 12.7. The van der Waals surface area contributed by atoms with E-state index < -0.39 is 30.6 Å². The topological polar surface area (TPSA) is 42.4 Å². The van der Waals surface area contributed by atoms with Gasteiger partial charge in [-0.15, -0.1) is 13.2 Å². The van der Waals surface area contributed by atoms with Crippen molar-refractivity contribution in [1.29, 1.82) is 0 Å². The Morgan fingerprint density at radius 1 is 1.22 bits per heavy atom. The monoisotopic (exact) mass is 387 g/mol. The molecule has 0 saturated carbocycles. The van der Waals surface area contributed by atoms with Crippen LogP contribution >= 0.6 is 22.6 Å². The molecular formula is C8H4F6INO2. The fourth-order valence-corrected chi connectivity index (χ4v) is 1.60. The van der Waals surface area contributed by atoms with Crippen LogP contribution in [0.5, 0.6) is 5.75 Å². The smallest absolute Gasteiger partial charge is 0.403 e. The molecule has 0 aliphatic carbocycles. The van der Waals surface area contributed by atoms with Crippen LogP contribution < -0.4 is 4.74 Å². The molecule has 0 amide bonds. The largest absolute Gasteiger partial charge is 0.573 e. The molecule has 0 aliphatic heterocycles. The summed E-state index contributed by atoms with van der Waals surface area (Å²) in [6, 6.07) is 0.463. The molecule has 102 valence electrons. The van der Waals surface area contributed by atoms with E-state index in [2.05, 4.69) is 9.72 Å². The standard InChI is InChI=1S/C8H4F6INO2/c9-7(10,11)5-4(18-8(12,13)14)1-3(2-17)6(15)16-5/h1,17H,2H2. The number of rotatable bonds is 2. The first-order chi connectivity index (χ1) is 8.04. The Balaban J connectivity index is 3.35. The van der Waals surface area contributed by atoms with Crippen molar-refractivity contribution in [2.45, 2.75) is 19.1 Å². The average molecular weight is 387 g/mol. The molecule has 10 heteroatoms. The molecule has 18 heavy (non-hydrogen) atoms. The van der Waals surface area contributed by atoms with E-state index in [-0.39, 0.29) is 9.26 Å². The molecule has 1 aromatic rings. The second-order valence-electron chi connectivity index (χ2n) is 2.99. The SMILES string of the molecule is OCc1cc(OC(F)(F)F)c(C(F)(F)F)nc1I. The fraction of sp³-hybridized carbons (Fsp3) is 0.375. The number of hydrogen-bond acceptors (Lipinski definition) is 3. The Morgan fingerprint density at radius 2 is 1.78 bits per heavy atom. The third kappa shape index (κ3) is 3.86. The Morgan fingerprint density at radius 3 is 2.17 bits per heavy atom. The van der Waals surface area contributed by atoms with E-state index in [1.54, 1.807) is 0 Å². The van der Waals surface area contributed by atoms with E-state index in [4.69, 9.17) is 5.11 Å². The molecule has 0 atom stereocenters. The van der Waals surface area contributed by atoms with Crippen LogP contribution in [0.3, 0.4) is 0 Å². The van der Waals surface area contributed by atoms with E-state index in [1.165, 1.54) is 22.6 Å². The van der Waals surface area contributed by atoms with Crippen molar-refractivity contribution in [2.75, 3.05) is 0 Å². The third-order valence-electron chi connectivity index (χ3n) is 1.68. The van der Waals surface area contributed by atoms with E-state index in [9.17, 15) is 26.3 Å². The van der Waals surface area contributed by atoms with Gasteiger partial charge in [0.25, 0.3) is 0 Å². The summed E-state index contributed by atoms with van der Waals surface area (Å²) in [7, 11) is 0. The average Bonchev–Trinajstić information content (AvgIpc) is 2.16. The lowest BCUT2D eigenvalue weighted by molar-refractivity contribution is -0.276. The van der Waals surface area contributed by atoms with Crippen molar-refractivity contribution >= 4 is 22.6 Å². The minimum atomic E-state index is -5.28. The van der Waals surface area contributed by atoms with Gasteiger partial charge in [0.15, 0.2) is 11.4 Å². The van der Waals surface area contributed by atoms with Gasteiger partial charge in [0, 0.05) is 5.56 Å². The molecule has 0 radical (unpaired) electrons. The number of nitrogens with zero attached hydrogens (tertiary/aromatic N) is 1. The van der Waals surface area contributed by atoms with Crippen LogP contribution in [0.25, 0.3) is 0 Å². The lowest BCUT2D eigenvalue weighted by atomic mass is 10.2. The van der Waals surface area contributed by atoms with Crippen LogP contribution in [0.1, 0.15) is 11.3 Å². The van der Waals surface area contributed by atoms with E-state index in [1.807, 2.05) is 0 Å². The van der Waals surface area contributed by atoms with Gasteiger partial charge in [0.2, 0.25) is 0 Å². The molecule has 1 N–H and O–H groups in total. The van der Waals surface area contributed by atoms with Crippen molar-refractivity contribution in [1.82, 2.24) is 4.98 Å². The predicted octanol–water partition coefficient (Wildman–Crippen LogP) is 3.10. The summed E-state index contributed by atoms with van der Waals surface area (Å²) < 4.78 is 76.3. The van der Waals surface area contributed by atoms with Crippen molar-refractivity contribution in [3.63, 3.8) is 0 Å². The zero-order valence-electron chi connectivity index (χ0n) is 8.23. The Bertz CT molecular complexity index is 444. The summed E-state index contributed by atoms with van der Waals surface area (Å²) >= 11 is 1.37. The molecule has 1 rings (SSSR count). The highest BCUT2D eigenvalue weighted by atomic mass is 127. The molecule has 0 saturated heterocycles. The van der Waals surface area contributed by atoms with Crippen molar-refractivity contribution < 1.29 is 36.2 Å². The van der Waals surface area contributed by atoms with Crippen molar-refractivity contribution in [3.05, 3.63) is 21.0 Å². The van der Waals surface area contributed by atoms with Gasteiger partial charge in [-0.2, -0.15) is 13.2 Å². The third-order valence-corrected chi connectivity index (χ3v) is 2.61. The molecule has 0 bridgehead atoms. The van der Waals surface area contributed by atoms with Crippen LogP contribution in [-0.2, 0) is 12.8 Å². The highest BCUT2D eigenvalue weighted by Crippen LogP contribution is 2.38. The van der Waals surface area contributed by atoms with Crippen LogP contribution in [-0.4, -0.2) is 16.5 Å². The zero-order valence-corrected chi connectivity index (χ0v) is 10.4. The van der Waals surface area contributed by atoms with Gasteiger partial charge in [-0.25, -0.2) is 4.98 Å². The van der Waals surface area contributed by atoms with E-state index >= 15 is 0 Å². The maximum absolute atomic E-state index is 12.5. The number of aliphatic hydroxyl groups is 1. The number of alkyl halides is 6. The van der Waals surface area contributed by atoms with Gasteiger partial charge in [-0.05, 0) is 28.7 Å². The molecule has 0 spiro atoms. The van der Waals surface area contributed by atoms with Crippen LogP contribution in [0.4, 0.5) is 26.3 Å². The molecular weight excluding hydrogens is 383 g/mol. The van der Waals surface area contributed by atoms with Gasteiger partial charge in [0.05, 0.1) is 6.61 Å². The van der Waals surface area contributed by atoms with Gasteiger partial charge < -0.3 is 9.84 Å². The Labute approximate surface area is 110 Å². The number of halogens is 7. The maximum Gasteiger partial charge on any atom is 0.573 e. The summed E-state index contributed by atoms with van der Waals surface area (Å²) in [6.07, 6.45) is -10.4. The van der Waals surface area contributed by atoms with Gasteiger partial charge >= 0.3 is 12.5 Å². The molecule has 0 fully saturated rings. The lowest BCUT2D eigenvalue weighted by Gasteiger charge is -2.16. The molecule has 1 heterocycles. The van der Waals surface area contributed by atoms with Crippen molar-refractivity contribution in [2.24, 2.45) is 0 Å². The minimum absolute atomic E-state index is 0.192. The molecule has 0 unspecified atom stereocenters. The summed E-state index contributed by atoms with van der Waals surface area (Å²) in [4.78, 5) is 2.98. The first-order valence-electron chi connectivity index (χ1n) is 4.18. The van der Waals surface area contributed by atoms with Crippen LogP contribution in [0, 0.1) is 3.70 Å². The predicted molar refractivity (Wildman–Crippen MR) is 54.6 cm³/mol. The van der Waals surface area contributed by atoms with E-state index in [0.717, 1.165) is 0 Å². The zero-order chi connectivity index (χ0) is 14.1. The molecule has 3 nitrogen and oxygen atoms in total.